The molecule has 0 saturated carbocycles. The number of hydrogen-bond acceptors (Lipinski definition) is 4. The minimum Gasteiger partial charge on any atom is -0.491 e. The molecule has 1 rings (SSSR count). The average Bonchev–Trinajstić information content (AvgIpc) is 2.17. The number of nitrogens with two attached hydrogens (primary N) is 1. The van der Waals surface area contributed by atoms with Crippen molar-refractivity contribution in [2.45, 2.75) is 0 Å². The minimum absolute atomic E-state index is 0.519. The molecular weight excluding hydrogens is 188 g/mol. The Morgan fingerprint density at radius 2 is 2.07 bits per heavy atom. The fourth-order valence-electron chi connectivity index (χ4n) is 0.685. The molecule has 0 saturated heterocycles. The first-order chi connectivity index (χ1) is 6.61. The molecule has 1 amide bonds. The number of rotatable bonds is 2. The number of hydrogen-bond donors (Lipinski definition) is 2. The maximum Gasteiger partial charge on any atom is 0.402 e. The lowest BCUT2D eigenvalue weighted by atomic mass is 10.4. The van der Waals surface area contributed by atoms with Crippen LogP contribution in [0.3, 0.4) is 0 Å². The van der Waals surface area contributed by atoms with Crippen molar-refractivity contribution in [3.8, 4) is 11.6 Å². The van der Waals surface area contributed by atoms with Gasteiger partial charge in [-0.1, -0.05) is 0 Å². The summed E-state index contributed by atoms with van der Waals surface area (Å²) in [5.41, 5.74) is 4.03. The molecule has 0 spiro atoms. The highest BCUT2D eigenvalue weighted by Crippen LogP contribution is 2.21. The Bertz CT molecular complexity index is 263. The SMILES string of the molecule is COc1cccnc1OC.NC(=O)O. The lowest BCUT2D eigenvalue weighted by Crippen LogP contribution is -2.03. The van der Waals surface area contributed by atoms with Crippen LogP contribution in [0.25, 0.3) is 0 Å². The predicted molar refractivity (Wildman–Crippen MR) is 49.6 cm³/mol. The number of pyridine rings is 1. The summed E-state index contributed by atoms with van der Waals surface area (Å²) in [6.45, 7) is 0. The van der Waals surface area contributed by atoms with Gasteiger partial charge in [0.1, 0.15) is 0 Å². The predicted octanol–water partition coefficient (Wildman–Crippen LogP) is 0.722. The molecule has 0 bridgehead atoms. The summed E-state index contributed by atoms with van der Waals surface area (Å²) in [6.07, 6.45) is 0.321. The first kappa shape index (κ1) is 12.0. The number of primary amides is 1. The number of nitrogens with zero attached hydrogens (tertiary/aromatic N) is 1. The van der Waals surface area contributed by atoms with Crippen molar-refractivity contribution in [2.75, 3.05) is 14.2 Å². The van der Waals surface area contributed by atoms with Crippen LogP contribution in [0, 0.1) is 0 Å². The number of methoxy groups -OCH3 is 2. The van der Waals surface area contributed by atoms with Gasteiger partial charge < -0.3 is 20.3 Å². The molecule has 0 aliphatic heterocycles. The van der Waals surface area contributed by atoms with Crippen molar-refractivity contribution in [3.05, 3.63) is 18.3 Å². The van der Waals surface area contributed by atoms with Gasteiger partial charge in [0.2, 0.25) is 0 Å². The van der Waals surface area contributed by atoms with Crippen molar-refractivity contribution in [1.29, 1.82) is 0 Å². The first-order valence-electron chi connectivity index (χ1n) is 3.63. The molecule has 1 aromatic rings. The molecular formula is C8H12N2O4. The van der Waals surface area contributed by atoms with Gasteiger partial charge in [-0.3, -0.25) is 0 Å². The second-order valence-corrected chi connectivity index (χ2v) is 2.05. The van der Waals surface area contributed by atoms with Crippen molar-refractivity contribution in [2.24, 2.45) is 5.73 Å². The Morgan fingerprint density at radius 1 is 1.50 bits per heavy atom. The van der Waals surface area contributed by atoms with E-state index >= 15 is 0 Å². The minimum atomic E-state index is -1.33. The zero-order valence-electron chi connectivity index (χ0n) is 7.93. The van der Waals surface area contributed by atoms with Gasteiger partial charge in [0.15, 0.2) is 5.75 Å². The summed E-state index contributed by atoms with van der Waals surface area (Å²) in [4.78, 5) is 12.7. The van der Waals surface area contributed by atoms with Crippen LogP contribution < -0.4 is 15.2 Å². The Morgan fingerprint density at radius 3 is 2.43 bits per heavy atom. The third kappa shape index (κ3) is 4.81. The topological polar surface area (TPSA) is 94.7 Å². The van der Waals surface area contributed by atoms with Gasteiger partial charge in [-0.25, -0.2) is 9.78 Å². The largest absolute Gasteiger partial charge is 0.491 e. The Balaban J connectivity index is 0.000000364. The molecule has 1 heterocycles. The van der Waals surface area contributed by atoms with E-state index in [0.29, 0.717) is 11.6 Å². The van der Waals surface area contributed by atoms with E-state index in [1.54, 1.807) is 32.5 Å². The molecule has 0 radical (unpaired) electrons. The van der Waals surface area contributed by atoms with Gasteiger partial charge in [-0.05, 0) is 12.1 Å². The maximum absolute atomic E-state index is 8.78. The molecule has 78 valence electrons. The highest BCUT2D eigenvalue weighted by molar-refractivity contribution is 5.61. The number of aromatic nitrogens is 1. The second-order valence-electron chi connectivity index (χ2n) is 2.05. The molecule has 6 heteroatoms. The fourth-order valence-corrected chi connectivity index (χ4v) is 0.685. The lowest BCUT2D eigenvalue weighted by Gasteiger charge is -2.03. The summed E-state index contributed by atoms with van der Waals surface area (Å²) in [5.74, 6) is 1.18. The van der Waals surface area contributed by atoms with E-state index in [4.69, 9.17) is 19.4 Å². The lowest BCUT2D eigenvalue weighted by molar-refractivity contribution is 0.205. The molecule has 3 N–H and O–H groups in total. The van der Waals surface area contributed by atoms with Crippen LogP contribution in [-0.4, -0.2) is 30.4 Å². The van der Waals surface area contributed by atoms with Crippen LogP contribution in [0.2, 0.25) is 0 Å². The first-order valence-corrected chi connectivity index (χ1v) is 3.63. The van der Waals surface area contributed by atoms with E-state index in [9.17, 15) is 0 Å². The molecule has 0 aromatic carbocycles. The van der Waals surface area contributed by atoms with E-state index in [1.807, 2.05) is 0 Å². The average molecular weight is 200 g/mol. The normalized spacial score (nSPS) is 8.14. The smallest absolute Gasteiger partial charge is 0.402 e. The summed E-state index contributed by atoms with van der Waals surface area (Å²) in [7, 11) is 3.14. The van der Waals surface area contributed by atoms with E-state index in [2.05, 4.69) is 10.7 Å². The Hall–Kier alpha value is -1.98. The van der Waals surface area contributed by atoms with E-state index in [1.165, 1.54) is 0 Å². The molecule has 0 fully saturated rings. The van der Waals surface area contributed by atoms with E-state index in [0.717, 1.165) is 0 Å². The van der Waals surface area contributed by atoms with Crippen LogP contribution in [-0.2, 0) is 0 Å². The van der Waals surface area contributed by atoms with Crippen LogP contribution >= 0.6 is 0 Å². The van der Waals surface area contributed by atoms with Gasteiger partial charge in [0.25, 0.3) is 5.88 Å². The molecule has 0 unspecified atom stereocenters. The molecule has 0 aliphatic carbocycles. The summed E-state index contributed by atoms with van der Waals surface area (Å²) < 4.78 is 9.85. The molecule has 14 heavy (non-hydrogen) atoms. The van der Waals surface area contributed by atoms with Crippen LogP contribution in [0.1, 0.15) is 0 Å². The van der Waals surface area contributed by atoms with Crippen LogP contribution in [0.5, 0.6) is 11.6 Å². The van der Waals surface area contributed by atoms with Crippen LogP contribution in [0.4, 0.5) is 4.79 Å². The molecule has 0 atom stereocenters. The number of carboxylic acid groups (broad SMARTS) is 1. The van der Waals surface area contributed by atoms with Crippen molar-refractivity contribution < 1.29 is 19.4 Å². The molecule has 0 aliphatic rings. The van der Waals surface area contributed by atoms with E-state index < -0.39 is 6.09 Å². The summed E-state index contributed by atoms with van der Waals surface area (Å²) in [5, 5.41) is 7.19. The summed E-state index contributed by atoms with van der Waals surface area (Å²) >= 11 is 0. The highest BCUT2D eigenvalue weighted by atomic mass is 16.5. The van der Waals surface area contributed by atoms with Crippen molar-refractivity contribution in [1.82, 2.24) is 4.98 Å². The maximum atomic E-state index is 8.78. The second kappa shape index (κ2) is 6.53. The van der Waals surface area contributed by atoms with Gasteiger partial charge in [-0.2, -0.15) is 0 Å². The van der Waals surface area contributed by atoms with Gasteiger partial charge in [0.05, 0.1) is 14.2 Å². The zero-order chi connectivity index (χ0) is 11.0. The Kier molecular flexibility index (Phi) is 5.60. The molecule has 1 aromatic heterocycles. The molecule has 6 nitrogen and oxygen atoms in total. The third-order valence-corrected chi connectivity index (χ3v) is 1.15. The van der Waals surface area contributed by atoms with Crippen molar-refractivity contribution >= 4 is 6.09 Å². The van der Waals surface area contributed by atoms with Gasteiger partial charge in [-0.15, -0.1) is 0 Å². The van der Waals surface area contributed by atoms with Crippen LogP contribution in [0.15, 0.2) is 18.3 Å². The number of carbonyl (C=O) groups is 1. The zero-order valence-corrected chi connectivity index (χ0v) is 7.93. The Labute approximate surface area is 81.3 Å². The van der Waals surface area contributed by atoms with Crippen molar-refractivity contribution in [3.63, 3.8) is 0 Å². The third-order valence-electron chi connectivity index (χ3n) is 1.15. The highest BCUT2D eigenvalue weighted by Gasteiger charge is 1.99. The fraction of sp³-hybridized carbons (Fsp3) is 0.250. The standard InChI is InChI=1S/C7H9NO2.CH3NO2/c1-9-6-4-3-5-8-7(6)10-2;2-1(3)4/h3-5H,1-2H3;2H2,(H,3,4). The van der Waals surface area contributed by atoms with E-state index in [-0.39, 0.29) is 0 Å². The summed E-state index contributed by atoms with van der Waals surface area (Å²) in [6, 6.07) is 3.59. The van der Waals surface area contributed by atoms with Gasteiger partial charge in [0, 0.05) is 6.20 Å². The number of amides is 1. The monoisotopic (exact) mass is 200 g/mol. The quantitative estimate of drug-likeness (QED) is 0.733. The van der Waals surface area contributed by atoms with Gasteiger partial charge >= 0.3 is 6.09 Å². The number of ether oxygens (including phenoxy) is 2.